The van der Waals surface area contributed by atoms with E-state index in [1.165, 1.54) is 6.07 Å². The second kappa shape index (κ2) is 8.11. The zero-order valence-corrected chi connectivity index (χ0v) is 18.1. The number of carbonyl (C=O) groups excluding carboxylic acids is 1. The topological polar surface area (TPSA) is 72.2 Å². The molecule has 31 heavy (non-hydrogen) atoms. The molecule has 0 saturated carbocycles. The molecule has 0 aliphatic carbocycles. The number of halogens is 2. The van der Waals surface area contributed by atoms with Crippen LogP contribution in [0.2, 0.25) is 10.0 Å². The molecule has 152 valence electrons. The summed E-state index contributed by atoms with van der Waals surface area (Å²) in [6.07, 6.45) is 0. The maximum atomic E-state index is 12.7. The zero-order valence-electron chi connectivity index (χ0n) is 15.8. The van der Waals surface area contributed by atoms with Crippen LogP contribution in [0.15, 0.2) is 72.1 Å². The highest BCUT2D eigenvalue weighted by Crippen LogP contribution is 2.26. The highest BCUT2D eigenvalue weighted by atomic mass is 35.5. The summed E-state index contributed by atoms with van der Waals surface area (Å²) in [5, 5.41) is 18.8. The van der Waals surface area contributed by atoms with E-state index in [2.05, 4.69) is 15.5 Å². The van der Waals surface area contributed by atoms with E-state index in [-0.39, 0.29) is 5.91 Å². The number of benzene rings is 2. The molecular formula is C22H13Cl2N5OS. The molecule has 0 aliphatic rings. The lowest BCUT2D eigenvalue weighted by atomic mass is 10.1. The number of nitrogens with zero attached hydrogens (tertiary/aromatic N) is 4. The molecule has 5 aromatic rings. The van der Waals surface area contributed by atoms with E-state index in [0.29, 0.717) is 32.8 Å². The third-order valence-electron chi connectivity index (χ3n) is 4.59. The minimum absolute atomic E-state index is 0.309. The predicted octanol–water partition coefficient (Wildman–Crippen LogP) is 6.08. The molecule has 1 amide bonds. The summed E-state index contributed by atoms with van der Waals surface area (Å²) in [4.78, 5) is 13.6. The van der Waals surface area contributed by atoms with Crippen LogP contribution in [0, 0.1) is 0 Å². The van der Waals surface area contributed by atoms with Crippen LogP contribution in [-0.4, -0.2) is 25.7 Å². The van der Waals surface area contributed by atoms with Gasteiger partial charge in [0.15, 0.2) is 11.5 Å². The Morgan fingerprint density at radius 2 is 1.87 bits per heavy atom. The second-order valence-corrected chi connectivity index (χ2v) is 8.44. The zero-order chi connectivity index (χ0) is 21.4. The molecule has 0 fully saturated rings. The minimum Gasteiger partial charge on any atom is -0.322 e. The molecule has 6 nitrogen and oxygen atoms in total. The SMILES string of the molecule is O=C(Nc1cccc(-c2ccc3nnc(-c4cccs4)n3n2)c1)c1cc(Cl)ccc1Cl. The molecule has 5 rings (SSSR count). The van der Waals surface area contributed by atoms with Gasteiger partial charge in [0, 0.05) is 16.3 Å². The molecule has 0 bridgehead atoms. The number of aromatic nitrogens is 4. The number of hydrogen-bond donors (Lipinski definition) is 1. The van der Waals surface area contributed by atoms with E-state index in [1.54, 1.807) is 34.1 Å². The first kappa shape index (κ1) is 19.7. The number of fused-ring (bicyclic) bond motifs is 1. The van der Waals surface area contributed by atoms with Crippen molar-refractivity contribution >= 4 is 51.8 Å². The van der Waals surface area contributed by atoms with Gasteiger partial charge in [0.1, 0.15) is 0 Å². The van der Waals surface area contributed by atoms with Crippen molar-refractivity contribution in [2.75, 3.05) is 5.32 Å². The number of amides is 1. The standard InChI is InChI=1S/C22H13Cl2N5OS/c23-14-6-7-17(24)16(12-14)22(30)25-15-4-1-3-13(11-15)18-8-9-20-26-27-21(29(20)28-18)19-5-2-10-31-19/h1-12H,(H,25,30). The maximum Gasteiger partial charge on any atom is 0.257 e. The molecule has 0 spiro atoms. The third kappa shape index (κ3) is 3.90. The first-order chi connectivity index (χ1) is 15.1. The summed E-state index contributed by atoms with van der Waals surface area (Å²) < 4.78 is 1.72. The van der Waals surface area contributed by atoms with Crippen molar-refractivity contribution in [1.29, 1.82) is 0 Å². The average Bonchev–Trinajstić information content (AvgIpc) is 3.44. The van der Waals surface area contributed by atoms with Gasteiger partial charge in [-0.05, 0) is 53.9 Å². The summed E-state index contributed by atoms with van der Waals surface area (Å²) in [6.45, 7) is 0. The van der Waals surface area contributed by atoms with Crippen LogP contribution in [0.3, 0.4) is 0 Å². The van der Waals surface area contributed by atoms with Crippen LogP contribution in [-0.2, 0) is 0 Å². The summed E-state index contributed by atoms with van der Waals surface area (Å²) in [5.74, 6) is 0.346. The first-order valence-corrected chi connectivity index (χ1v) is 10.9. The Bertz CT molecular complexity index is 1410. The normalized spacial score (nSPS) is 11.0. The summed E-state index contributed by atoms with van der Waals surface area (Å²) >= 11 is 13.7. The van der Waals surface area contributed by atoms with Gasteiger partial charge in [0.05, 0.1) is 21.2 Å². The predicted molar refractivity (Wildman–Crippen MR) is 124 cm³/mol. The van der Waals surface area contributed by atoms with Crippen LogP contribution in [0.1, 0.15) is 10.4 Å². The van der Waals surface area contributed by atoms with Crippen molar-refractivity contribution in [3.63, 3.8) is 0 Å². The Morgan fingerprint density at radius 3 is 2.71 bits per heavy atom. The third-order valence-corrected chi connectivity index (χ3v) is 6.02. The molecule has 1 N–H and O–H groups in total. The fourth-order valence-corrected chi connectivity index (χ4v) is 4.20. The van der Waals surface area contributed by atoms with Gasteiger partial charge in [-0.2, -0.15) is 9.61 Å². The van der Waals surface area contributed by atoms with Gasteiger partial charge in [0.25, 0.3) is 5.91 Å². The van der Waals surface area contributed by atoms with Gasteiger partial charge in [-0.25, -0.2) is 0 Å². The average molecular weight is 466 g/mol. The van der Waals surface area contributed by atoms with E-state index >= 15 is 0 Å². The first-order valence-electron chi connectivity index (χ1n) is 9.22. The fourth-order valence-electron chi connectivity index (χ4n) is 3.13. The number of carbonyl (C=O) groups is 1. The smallest absolute Gasteiger partial charge is 0.257 e. The van der Waals surface area contributed by atoms with Gasteiger partial charge in [-0.1, -0.05) is 41.4 Å². The molecule has 0 aliphatic heterocycles. The molecule has 0 atom stereocenters. The Balaban J connectivity index is 1.47. The molecule has 3 aromatic heterocycles. The number of thiophene rings is 1. The van der Waals surface area contributed by atoms with Gasteiger partial charge in [-0.15, -0.1) is 21.5 Å². The monoisotopic (exact) mass is 465 g/mol. The van der Waals surface area contributed by atoms with Crippen molar-refractivity contribution in [3.05, 3.63) is 87.7 Å². The minimum atomic E-state index is -0.341. The Morgan fingerprint density at radius 1 is 0.968 bits per heavy atom. The quantitative estimate of drug-likeness (QED) is 0.349. The number of rotatable bonds is 4. The van der Waals surface area contributed by atoms with Crippen LogP contribution in [0.4, 0.5) is 5.69 Å². The van der Waals surface area contributed by atoms with E-state index in [4.69, 9.17) is 28.3 Å². The lowest BCUT2D eigenvalue weighted by Crippen LogP contribution is -2.12. The summed E-state index contributed by atoms with van der Waals surface area (Å²) in [5.41, 5.74) is 3.14. The van der Waals surface area contributed by atoms with E-state index in [9.17, 15) is 4.79 Å². The Hall–Kier alpha value is -3.26. The van der Waals surface area contributed by atoms with E-state index in [1.807, 2.05) is 47.8 Å². The molecule has 0 radical (unpaired) electrons. The van der Waals surface area contributed by atoms with E-state index in [0.717, 1.165) is 16.1 Å². The Kier molecular flexibility index (Phi) is 5.15. The van der Waals surface area contributed by atoms with Gasteiger partial charge in [0.2, 0.25) is 0 Å². The molecule has 2 aromatic carbocycles. The van der Waals surface area contributed by atoms with Crippen molar-refractivity contribution in [3.8, 4) is 22.0 Å². The van der Waals surface area contributed by atoms with Crippen LogP contribution >= 0.6 is 34.5 Å². The van der Waals surface area contributed by atoms with Crippen molar-refractivity contribution < 1.29 is 4.79 Å². The highest BCUT2D eigenvalue weighted by Gasteiger charge is 2.14. The number of hydrogen-bond acceptors (Lipinski definition) is 5. The molecule has 0 saturated heterocycles. The molecular weight excluding hydrogens is 453 g/mol. The van der Waals surface area contributed by atoms with Crippen LogP contribution < -0.4 is 5.32 Å². The molecule has 9 heteroatoms. The summed E-state index contributed by atoms with van der Waals surface area (Å²) in [6, 6.07) is 19.9. The van der Waals surface area contributed by atoms with Gasteiger partial charge >= 0.3 is 0 Å². The lowest BCUT2D eigenvalue weighted by molar-refractivity contribution is 0.102. The number of nitrogens with one attached hydrogen (secondary N) is 1. The second-order valence-electron chi connectivity index (χ2n) is 6.65. The number of anilines is 1. The van der Waals surface area contributed by atoms with Crippen LogP contribution in [0.25, 0.3) is 27.6 Å². The van der Waals surface area contributed by atoms with E-state index < -0.39 is 0 Å². The summed E-state index contributed by atoms with van der Waals surface area (Å²) in [7, 11) is 0. The van der Waals surface area contributed by atoms with Crippen molar-refractivity contribution in [2.45, 2.75) is 0 Å². The van der Waals surface area contributed by atoms with Crippen molar-refractivity contribution in [2.24, 2.45) is 0 Å². The molecule has 0 unspecified atom stereocenters. The largest absolute Gasteiger partial charge is 0.322 e. The fraction of sp³-hybridized carbons (Fsp3) is 0. The lowest BCUT2D eigenvalue weighted by Gasteiger charge is -2.09. The van der Waals surface area contributed by atoms with Crippen molar-refractivity contribution in [1.82, 2.24) is 19.8 Å². The maximum absolute atomic E-state index is 12.7. The Labute approximate surface area is 191 Å². The van der Waals surface area contributed by atoms with Gasteiger partial charge < -0.3 is 5.32 Å². The molecule has 3 heterocycles. The van der Waals surface area contributed by atoms with Crippen LogP contribution in [0.5, 0.6) is 0 Å². The highest BCUT2D eigenvalue weighted by molar-refractivity contribution is 7.13. The van der Waals surface area contributed by atoms with Gasteiger partial charge in [-0.3, -0.25) is 4.79 Å².